The number of nitrogens with zero attached hydrogens (tertiary/aromatic N) is 1. The number of aryl methyl sites for hydroxylation is 3. The molecule has 1 nitrogen and oxygen atoms in total. The highest BCUT2D eigenvalue weighted by molar-refractivity contribution is 5.88. The van der Waals surface area contributed by atoms with Gasteiger partial charge in [-0.05, 0) is 43.6 Å². The predicted molar refractivity (Wildman–Crippen MR) is 100 cm³/mol. The van der Waals surface area contributed by atoms with Crippen LogP contribution in [-0.2, 0) is 12.8 Å². The van der Waals surface area contributed by atoms with Crippen LogP contribution < -0.4 is 0 Å². The Morgan fingerprint density at radius 1 is 0.652 bits per heavy atom. The summed E-state index contributed by atoms with van der Waals surface area (Å²) in [6, 6.07) is 8.88. The van der Waals surface area contributed by atoms with Gasteiger partial charge in [-0.2, -0.15) is 0 Å². The van der Waals surface area contributed by atoms with E-state index in [1.54, 1.807) is 5.56 Å². The molecule has 0 spiro atoms. The van der Waals surface area contributed by atoms with Crippen molar-refractivity contribution < 1.29 is 0 Å². The zero-order valence-electron chi connectivity index (χ0n) is 14.7. The minimum absolute atomic E-state index is 1.17. The molecule has 1 aromatic heterocycles. The highest BCUT2D eigenvalue weighted by Gasteiger charge is 2.12. The summed E-state index contributed by atoms with van der Waals surface area (Å²) in [6.07, 6.45) is 16.3. The van der Waals surface area contributed by atoms with Crippen LogP contribution in [0.1, 0.15) is 81.2 Å². The molecule has 0 bridgehead atoms. The van der Waals surface area contributed by atoms with E-state index < -0.39 is 0 Å². The fourth-order valence-corrected chi connectivity index (χ4v) is 4.04. The normalized spacial score (nSPS) is 18.3. The van der Waals surface area contributed by atoms with Crippen LogP contribution >= 0.6 is 0 Å². The molecule has 1 aliphatic carbocycles. The molecule has 0 saturated heterocycles. The van der Waals surface area contributed by atoms with E-state index in [0.717, 1.165) is 0 Å². The van der Waals surface area contributed by atoms with Crippen molar-refractivity contribution in [3.05, 3.63) is 41.2 Å². The molecule has 0 unspecified atom stereocenters. The lowest BCUT2D eigenvalue weighted by Crippen LogP contribution is -2.03. The Bertz CT molecular complexity index is 629. The Labute approximate surface area is 141 Å². The third-order valence-corrected chi connectivity index (χ3v) is 5.38. The van der Waals surface area contributed by atoms with Crippen LogP contribution in [0.25, 0.3) is 10.8 Å². The Morgan fingerprint density at radius 3 is 1.83 bits per heavy atom. The van der Waals surface area contributed by atoms with Gasteiger partial charge in [-0.1, -0.05) is 75.6 Å². The monoisotopic (exact) mass is 309 g/mol. The van der Waals surface area contributed by atoms with E-state index in [9.17, 15) is 0 Å². The topological polar surface area (TPSA) is 12.9 Å². The van der Waals surface area contributed by atoms with Gasteiger partial charge >= 0.3 is 0 Å². The van der Waals surface area contributed by atoms with Crippen molar-refractivity contribution in [1.82, 2.24) is 4.98 Å². The van der Waals surface area contributed by atoms with Crippen molar-refractivity contribution >= 4 is 10.8 Å². The molecular weight excluding hydrogens is 278 g/mol. The molecule has 2 aromatic rings. The number of pyridine rings is 1. The van der Waals surface area contributed by atoms with Crippen LogP contribution in [-0.4, -0.2) is 4.98 Å². The van der Waals surface area contributed by atoms with E-state index in [1.807, 2.05) is 0 Å². The first-order valence-electron chi connectivity index (χ1n) is 9.73. The Balaban J connectivity index is 1.88. The zero-order chi connectivity index (χ0) is 15.9. The summed E-state index contributed by atoms with van der Waals surface area (Å²) in [5.74, 6) is 0. The van der Waals surface area contributed by atoms with Crippen LogP contribution in [0.3, 0.4) is 0 Å². The lowest BCUT2D eigenvalue weighted by Gasteiger charge is -2.15. The molecule has 124 valence electrons. The van der Waals surface area contributed by atoms with Crippen LogP contribution in [0.4, 0.5) is 0 Å². The van der Waals surface area contributed by atoms with Crippen molar-refractivity contribution in [2.24, 2.45) is 0 Å². The maximum Gasteiger partial charge on any atom is 0.0454 e. The minimum atomic E-state index is 1.17. The summed E-state index contributed by atoms with van der Waals surface area (Å²) in [7, 11) is 0. The molecule has 0 saturated carbocycles. The summed E-state index contributed by atoms with van der Waals surface area (Å²) in [4.78, 5) is 5.01. The largest absolute Gasteiger partial charge is 0.257 e. The SMILES string of the molecule is Cc1nc2c(c3ccccc13)CCCCCCCCCCCC2. The Kier molecular flexibility index (Phi) is 6.07. The average Bonchev–Trinajstić information content (AvgIpc) is 2.57. The summed E-state index contributed by atoms with van der Waals surface area (Å²) < 4.78 is 0. The quantitative estimate of drug-likeness (QED) is 0.538. The van der Waals surface area contributed by atoms with Gasteiger partial charge in [-0.3, -0.25) is 4.98 Å². The molecule has 0 N–H and O–H groups in total. The van der Waals surface area contributed by atoms with Gasteiger partial charge in [0, 0.05) is 16.8 Å². The van der Waals surface area contributed by atoms with E-state index in [0.29, 0.717) is 0 Å². The second-order valence-corrected chi connectivity index (χ2v) is 7.20. The summed E-state index contributed by atoms with van der Waals surface area (Å²) in [5.41, 5.74) is 4.14. The molecule has 3 rings (SSSR count). The van der Waals surface area contributed by atoms with Crippen molar-refractivity contribution in [2.45, 2.75) is 84.0 Å². The molecule has 1 heteroatoms. The molecule has 1 aromatic carbocycles. The van der Waals surface area contributed by atoms with Gasteiger partial charge in [-0.15, -0.1) is 0 Å². The van der Waals surface area contributed by atoms with Crippen LogP contribution in [0.15, 0.2) is 24.3 Å². The van der Waals surface area contributed by atoms with E-state index in [-0.39, 0.29) is 0 Å². The highest BCUT2D eigenvalue weighted by atomic mass is 14.7. The van der Waals surface area contributed by atoms with E-state index >= 15 is 0 Å². The first-order chi connectivity index (χ1) is 11.4. The molecule has 1 heterocycles. The predicted octanol–water partition coefficient (Wildman–Crippen LogP) is 6.54. The number of aromatic nitrogens is 1. The minimum Gasteiger partial charge on any atom is -0.257 e. The van der Waals surface area contributed by atoms with E-state index in [4.69, 9.17) is 4.98 Å². The summed E-state index contributed by atoms with van der Waals surface area (Å²) in [6.45, 7) is 2.17. The van der Waals surface area contributed by atoms with Crippen molar-refractivity contribution in [1.29, 1.82) is 0 Å². The molecular formula is C22H31N. The van der Waals surface area contributed by atoms with Gasteiger partial charge in [0.15, 0.2) is 0 Å². The first-order valence-corrected chi connectivity index (χ1v) is 9.73. The Morgan fingerprint density at radius 2 is 1.17 bits per heavy atom. The number of benzene rings is 1. The smallest absolute Gasteiger partial charge is 0.0454 e. The lowest BCUT2D eigenvalue weighted by atomic mass is 9.94. The number of hydrogen-bond acceptors (Lipinski definition) is 1. The van der Waals surface area contributed by atoms with Crippen molar-refractivity contribution in [2.75, 3.05) is 0 Å². The summed E-state index contributed by atoms with van der Waals surface area (Å²) >= 11 is 0. The third-order valence-electron chi connectivity index (χ3n) is 5.38. The van der Waals surface area contributed by atoms with Gasteiger partial charge in [0.05, 0.1) is 0 Å². The standard InChI is InChI=1S/C22H31N/c1-18-19-14-12-13-15-20(19)21-16-10-8-6-4-2-3-5-7-9-11-17-22(21)23-18/h12-15H,2-11,16-17H2,1H3. The van der Waals surface area contributed by atoms with Crippen LogP contribution in [0.5, 0.6) is 0 Å². The van der Waals surface area contributed by atoms with E-state index in [1.165, 1.54) is 99.2 Å². The fourth-order valence-electron chi connectivity index (χ4n) is 4.04. The maximum absolute atomic E-state index is 5.01. The molecule has 0 atom stereocenters. The molecule has 23 heavy (non-hydrogen) atoms. The number of hydrogen-bond donors (Lipinski definition) is 0. The molecule has 0 fully saturated rings. The van der Waals surface area contributed by atoms with Gasteiger partial charge in [0.2, 0.25) is 0 Å². The summed E-state index contributed by atoms with van der Waals surface area (Å²) in [5, 5.41) is 2.81. The maximum atomic E-state index is 5.01. The second kappa shape index (κ2) is 8.47. The van der Waals surface area contributed by atoms with Crippen molar-refractivity contribution in [3.63, 3.8) is 0 Å². The van der Waals surface area contributed by atoms with Gasteiger partial charge in [-0.25, -0.2) is 0 Å². The number of rotatable bonds is 0. The van der Waals surface area contributed by atoms with Gasteiger partial charge in [0.1, 0.15) is 0 Å². The van der Waals surface area contributed by atoms with Gasteiger partial charge in [0.25, 0.3) is 0 Å². The second-order valence-electron chi connectivity index (χ2n) is 7.20. The number of fused-ring (bicyclic) bond motifs is 3. The molecule has 0 amide bonds. The van der Waals surface area contributed by atoms with Gasteiger partial charge < -0.3 is 0 Å². The molecule has 0 radical (unpaired) electrons. The highest BCUT2D eigenvalue weighted by Crippen LogP contribution is 2.27. The molecule has 1 aliphatic rings. The zero-order valence-corrected chi connectivity index (χ0v) is 14.7. The first kappa shape index (κ1) is 16.5. The van der Waals surface area contributed by atoms with Crippen LogP contribution in [0, 0.1) is 6.92 Å². The third kappa shape index (κ3) is 4.34. The fraction of sp³-hybridized carbons (Fsp3) is 0.591. The Hall–Kier alpha value is -1.37. The van der Waals surface area contributed by atoms with Crippen molar-refractivity contribution in [3.8, 4) is 0 Å². The lowest BCUT2D eigenvalue weighted by molar-refractivity contribution is 0.545. The molecule has 0 aliphatic heterocycles. The average molecular weight is 309 g/mol. The van der Waals surface area contributed by atoms with Crippen LogP contribution in [0.2, 0.25) is 0 Å². The van der Waals surface area contributed by atoms with E-state index in [2.05, 4.69) is 31.2 Å².